The van der Waals surface area contributed by atoms with Crippen molar-refractivity contribution in [2.24, 2.45) is 0 Å². The Labute approximate surface area is 149 Å². The maximum Gasteiger partial charge on any atom is 0.336 e. The molecule has 0 saturated heterocycles. The maximum absolute atomic E-state index is 12.9. The SMILES string of the molecule is CCCc1cc(=O)oc2c3c(cc(O)c12)OC(c1ccccc1)CC3=O. The normalized spacial score (nSPS) is 16.3. The smallest absolute Gasteiger partial charge is 0.336 e. The van der Waals surface area contributed by atoms with Crippen molar-refractivity contribution >= 4 is 16.8 Å². The van der Waals surface area contributed by atoms with E-state index in [1.165, 1.54) is 12.1 Å². The molecule has 0 bridgehead atoms. The number of ketones is 1. The van der Waals surface area contributed by atoms with E-state index < -0.39 is 11.7 Å². The topological polar surface area (TPSA) is 76.7 Å². The van der Waals surface area contributed by atoms with Crippen molar-refractivity contribution in [2.75, 3.05) is 0 Å². The summed E-state index contributed by atoms with van der Waals surface area (Å²) in [5.41, 5.74) is 1.38. The van der Waals surface area contributed by atoms with Crippen molar-refractivity contribution in [1.82, 2.24) is 0 Å². The van der Waals surface area contributed by atoms with Gasteiger partial charge in [-0.3, -0.25) is 4.79 Å². The zero-order valence-corrected chi connectivity index (χ0v) is 14.3. The predicted octanol–water partition coefficient (Wildman–Crippen LogP) is 4.16. The molecule has 0 radical (unpaired) electrons. The van der Waals surface area contributed by atoms with Crippen LogP contribution in [0.15, 0.2) is 51.7 Å². The molecule has 1 aliphatic rings. The van der Waals surface area contributed by atoms with Crippen LogP contribution < -0.4 is 10.4 Å². The highest BCUT2D eigenvalue weighted by molar-refractivity contribution is 6.11. The summed E-state index contributed by atoms with van der Waals surface area (Å²) < 4.78 is 11.3. The summed E-state index contributed by atoms with van der Waals surface area (Å²) in [4.78, 5) is 24.8. The minimum Gasteiger partial charge on any atom is -0.507 e. The van der Waals surface area contributed by atoms with Gasteiger partial charge in [0.1, 0.15) is 23.2 Å². The number of carbonyl (C=O) groups excluding carboxylic acids is 1. The highest BCUT2D eigenvalue weighted by atomic mass is 16.5. The number of phenols is 1. The Hall–Kier alpha value is -3.08. The van der Waals surface area contributed by atoms with Crippen LogP contribution in [0.3, 0.4) is 0 Å². The first-order valence-electron chi connectivity index (χ1n) is 8.66. The molecule has 1 aliphatic heterocycles. The van der Waals surface area contributed by atoms with E-state index in [-0.39, 0.29) is 34.8 Å². The van der Waals surface area contributed by atoms with Crippen molar-refractivity contribution in [3.8, 4) is 11.5 Å². The van der Waals surface area contributed by atoms with Gasteiger partial charge in [-0.1, -0.05) is 43.7 Å². The van der Waals surface area contributed by atoms with E-state index in [1.807, 2.05) is 37.3 Å². The molecule has 2 heterocycles. The van der Waals surface area contributed by atoms with E-state index in [0.717, 1.165) is 12.0 Å². The quantitative estimate of drug-likeness (QED) is 0.718. The first-order chi connectivity index (χ1) is 12.6. The summed E-state index contributed by atoms with van der Waals surface area (Å²) in [6, 6.07) is 12.3. The summed E-state index contributed by atoms with van der Waals surface area (Å²) in [5.74, 6) is 0.0336. The molecule has 0 spiro atoms. The Morgan fingerprint density at radius 3 is 2.65 bits per heavy atom. The number of hydrogen-bond acceptors (Lipinski definition) is 5. The van der Waals surface area contributed by atoms with Gasteiger partial charge in [-0.15, -0.1) is 0 Å². The van der Waals surface area contributed by atoms with E-state index in [4.69, 9.17) is 9.15 Å². The predicted molar refractivity (Wildman–Crippen MR) is 96.9 cm³/mol. The molecule has 1 unspecified atom stereocenters. The minimum absolute atomic E-state index is 0.0486. The molecular formula is C21H18O5. The number of aryl methyl sites for hydroxylation is 1. The second kappa shape index (κ2) is 6.33. The van der Waals surface area contributed by atoms with Crippen molar-refractivity contribution < 1.29 is 19.1 Å². The number of aromatic hydroxyl groups is 1. The number of ether oxygens (including phenoxy) is 1. The van der Waals surface area contributed by atoms with Crippen molar-refractivity contribution in [3.63, 3.8) is 0 Å². The van der Waals surface area contributed by atoms with Gasteiger partial charge in [0.15, 0.2) is 11.4 Å². The van der Waals surface area contributed by atoms with Gasteiger partial charge in [-0.25, -0.2) is 4.79 Å². The Bertz CT molecular complexity index is 1050. The largest absolute Gasteiger partial charge is 0.507 e. The summed E-state index contributed by atoms with van der Waals surface area (Å²) in [6.07, 6.45) is 1.13. The lowest BCUT2D eigenvalue weighted by Crippen LogP contribution is -2.21. The van der Waals surface area contributed by atoms with Gasteiger partial charge in [-0.05, 0) is 17.5 Å². The van der Waals surface area contributed by atoms with Gasteiger partial charge in [0, 0.05) is 12.1 Å². The Balaban J connectivity index is 1.91. The molecule has 0 aliphatic carbocycles. The molecule has 0 saturated carbocycles. The lowest BCUT2D eigenvalue weighted by molar-refractivity contribution is 0.0851. The fourth-order valence-corrected chi connectivity index (χ4v) is 3.52. The van der Waals surface area contributed by atoms with Gasteiger partial charge in [0.05, 0.1) is 11.8 Å². The van der Waals surface area contributed by atoms with Crippen LogP contribution in [0.25, 0.3) is 11.0 Å². The number of fused-ring (bicyclic) bond motifs is 3. The molecule has 2 aromatic carbocycles. The van der Waals surface area contributed by atoms with Crippen LogP contribution in [0.2, 0.25) is 0 Å². The molecule has 1 atom stereocenters. The second-order valence-corrected chi connectivity index (χ2v) is 6.46. The molecule has 0 amide bonds. The second-order valence-electron chi connectivity index (χ2n) is 6.46. The van der Waals surface area contributed by atoms with E-state index in [0.29, 0.717) is 17.4 Å². The molecular weight excluding hydrogens is 332 g/mol. The van der Waals surface area contributed by atoms with Crippen LogP contribution in [0, 0.1) is 0 Å². The summed E-state index contributed by atoms with van der Waals surface area (Å²) >= 11 is 0. The molecule has 3 aromatic rings. The monoisotopic (exact) mass is 350 g/mol. The van der Waals surface area contributed by atoms with Gasteiger partial charge in [0.2, 0.25) is 0 Å². The fourth-order valence-electron chi connectivity index (χ4n) is 3.52. The molecule has 4 rings (SSSR count). The van der Waals surface area contributed by atoms with E-state index in [1.54, 1.807) is 0 Å². The zero-order valence-electron chi connectivity index (χ0n) is 14.3. The van der Waals surface area contributed by atoms with E-state index in [9.17, 15) is 14.7 Å². The Morgan fingerprint density at radius 2 is 1.92 bits per heavy atom. The number of Topliss-reactive ketones (excluding diaryl/α,β-unsaturated/α-hetero) is 1. The number of carbonyl (C=O) groups is 1. The molecule has 132 valence electrons. The first-order valence-corrected chi connectivity index (χ1v) is 8.66. The molecule has 0 fully saturated rings. The van der Waals surface area contributed by atoms with Crippen LogP contribution >= 0.6 is 0 Å². The van der Waals surface area contributed by atoms with Gasteiger partial charge < -0.3 is 14.3 Å². The average molecular weight is 350 g/mol. The van der Waals surface area contributed by atoms with Crippen molar-refractivity contribution in [2.45, 2.75) is 32.3 Å². The Morgan fingerprint density at radius 1 is 1.15 bits per heavy atom. The standard InChI is InChI=1S/C21H18O5/c1-2-6-13-9-18(24)26-21-19(13)14(22)11-17-20(21)15(23)10-16(25-17)12-7-4-3-5-8-12/h3-5,7-9,11,16,22H,2,6,10H2,1H3. The number of phenolic OH excluding ortho intramolecular Hbond substituents is 1. The number of benzene rings is 2. The van der Waals surface area contributed by atoms with Gasteiger partial charge in [0.25, 0.3) is 0 Å². The summed E-state index contributed by atoms with van der Waals surface area (Å²) in [7, 11) is 0. The van der Waals surface area contributed by atoms with Crippen LogP contribution in [-0.4, -0.2) is 10.9 Å². The molecule has 26 heavy (non-hydrogen) atoms. The molecule has 5 heteroatoms. The highest BCUT2D eigenvalue weighted by Gasteiger charge is 2.32. The maximum atomic E-state index is 12.9. The molecule has 1 aromatic heterocycles. The highest BCUT2D eigenvalue weighted by Crippen LogP contribution is 2.43. The minimum atomic E-state index is -0.535. The van der Waals surface area contributed by atoms with E-state index >= 15 is 0 Å². The zero-order chi connectivity index (χ0) is 18.3. The third-order valence-corrected chi connectivity index (χ3v) is 4.65. The first kappa shape index (κ1) is 16.4. The third kappa shape index (κ3) is 2.65. The van der Waals surface area contributed by atoms with Crippen molar-refractivity contribution in [1.29, 1.82) is 0 Å². The average Bonchev–Trinajstić information content (AvgIpc) is 2.61. The fraction of sp³-hybridized carbons (Fsp3) is 0.238. The summed E-state index contributed by atoms with van der Waals surface area (Å²) in [6.45, 7) is 1.98. The number of rotatable bonds is 3. The van der Waals surface area contributed by atoms with Crippen LogP contribution in [0.4, 0.5) is 0 Å². The van der Waals surface area contributed by atoms with Gasteiger partial charge in [-0.2, -0.15) is 0 Å². The van der Waals surface area contributed by atoms with Gasteiger partial charge >= 0.3 is 5.63 Å². The van der Waals surface area contributed by atoms with E-state index in [2.05, 4.69) is 0 Å². The Kier molecular flexibility index (Phi) is 3.99. The lowest BCUT2D eigenvalue weighted by Gasteiger charge is -2.26. The van der Waals surface area contributed by atoms with Crippen molar-refractivity contribution in [3.05, 3.63) is 69.6 Å². The van der Waals surface area contributed by atoms with Crippen LogP contribution in [0.5, 0.6) is 11.5 Å². The molecule has 5 nitrogen and oxygen atoms in total. The third-order valence-electron chi connectivity index (χ3n) is 4.65. The lowest BCUT2D eigenvalue weighted by atomic mass is 9.93. The van der Waals surface area contributed by atoms with Crippen LogP contribution in [0.1, 0.15) is 47.4 Å². The molecule has 1 N–H and O–H groups in total. The van der Waals surface area contributed by atoms with Crippen LogP contribution in [-0.2, 0) is 6.42 Å². The summed E-state index contributed by atoms with van der Waals surface area (Å²) in [5, 5.41) is 10.9. The number of hydrogen-bond donors (Lipinski definition) is 1.